The quantitative estimate of drug-likeness (QED) is 0.744. The van der Waals surface area contributed by atoms with Crippen molar-refractivity contribution in [2.24, 2.45) is 5.14 Å². The van der Waals surface area contributed by atoms with Crippen molar-refractivity contribution in [3.05, 3.63) is 0 Å². The van der Waals surface area contributed by atoms with Crippen molar-refractivity contribution in [2.45, 2.75) is 45.1 Å². The zero-order valence-electron chi connectivity index (χ0n) is 8.07. The molecule has 5 heteroatoms. The minimum Gasteiger partial charge on any atom is -0.216 e. The van der Waals surface area contributed by atoms with Gasteiger partial charge in [-0.05, 0) is 19.3 Å². The summed E-state index contributed by atoms with van der Waals surface area (Å²) < 4.78 is 23.8. The van der Waals surface area contributed by atoms with Gasteiger partial charge in [-0.2, -0.15) is 12.7 Å². The third kappa shape index (κ3) is 2.93. The SMILES string of the molecule is CCCC1CCCCN1S(N)(=O)=O. The Morgan fingerprint density at radius 2 is 2.15 bits per heavy atom. The molecule has 0 amide bonds. The van der Waals surface area contributed by atoms with Crippen LogP contribution >= 0.6 is 0 Å². The van der Waals surface area contributed by atoms with Gasteiger partial charge in [-0.1, -0.05) is 19.8 Å². The van der Waals surface area contributed by atoms with Crippen molar-refractivity contribution in [2.75, 3.05) is 6.54 Å². The third-order valence-electron chi connectivity index (χ3n) is 2.52. The molecule has 1 aliphatic rings. The van der Waals surface area contributed by atoms with Crippen molar-refractivity contribution < 1.29 is 8.42 Å². The van der Waals surface area contributed by atoms with Gasteiger partial charge in [-0.15, -0.1) is 0 Å². The molecule has 0 radical (unpaired) electrons. The van der Waals surface area contributed by atoms with E-state index in [1.165, 1.54) is 4.31 Å². The highest BCUT2D eigenvalue weighted by Gasteiger charge is 2.28. The maximum absolute atomic E-state index is 11.2. The molecule has 0 aromatic carbocycles. The lowest BCUT2D eigenvalue weighted by Gasteiger charge is -2.32. The third-order valence-corrected chi connectivity index (χ3v) is 3.66. The largest absolute Gasteiger partial charge is 0.277 e. The first-order chi connectivity index (χ1) is 6.05. The van der Waals surface area contributed by atoms with Gasteiger partial charge in [-0.25, -0.2) is 5.14 Å². The molecule has 1 aliphatic heterocycles. The van der Waals surface area contributed by atoms with Crippen molar-refractivity contribution in [3.8, 4) is 0 Å². The Kier molecular flexibility index (Phi) is 3.70. The zero-order valence-corrected chi connectivity index (χ0v) is 8.89. The molecule has 0 aromatic heterocycles. The average molecular weight is 206 g/mol. The molecule has 1 fully saturated rings. The first-order valence-corrected chi connectivity index (χ1v) is 6.35. The monoisotopic (exact) mass is 206 g/mol. The second kappa shape index (κ2) is 4.39. The van der Waals surface area contributed by atoms with E-state index < -0.39 is 10.2 Å². The van der Waals surface area contributed by atoms with Crippen LogP contribution < -0.4 is 5.14 Å². The molecule has 78 valence electrons. The van der Waals surface area contributed by atoms with E-state index in [4.69, 9.17) is 5.14 Å². The highest BCUT2D eigenvalue weighted by molar-refractivity contribution is 7.86. The predicted octanol–water partition coefficient (Wildman–Crippen LogP) is 0.845. The molecule has 0 saturated carbocycles. The second-order valence-electron chi connectivity index (χ2n) is 3.59. The van der Waals surface area contributed by atoms with Gasteiger partial charge in [0.2, 0.25) is 0 Å². The minimum atomic E-state index is -3.46. The fourth-order valence-corrected chi connectivity index (χ4v) is 2.94. The van der Waals surface area contributed by atoms with E-state index in [2.05, 4.69) is 6.92 Å². The van der Waals surface area contributed by atoms with E-state index >= 15 is 0 Å². The second-order valence-corrected chi connectivity index (χ2v) is 5.09. The molecule has 0 spiro atoms. The lowest BCUT2D eigenvalue weighted by atomic mass is 10.0. The van der Waals surface area contributed by atoms with Crippen LogP contribution in [0.4, 0.5) is 0 Å². The van der Waals surface area contributed by atoms with E-state index in [-0.39, 0.29) is 6.04 Å². The van der Waals surface area contributed by atoms with Gasteiger partial charge in [0.05, 0.1) is 0 Å². The molecule has 0 aromatic rings. The van der Waals surface area contributed by atoms with E-state index in [0.717, 1.165) is 32.1 Å². The molecule has 2 N–H and O–H groups in total. The maximum atomic E-state index is 11.2. The van der Waals surface area contributed by atoms with Crippen molar-refractivity contribution in [1.29, 1.82) is 0 Å². The van der Waals surface area contributed by atoms with Gasteiger partial charge in [0.25, 0.3) is 10.2 Å². The molecular formula is C8H18N2O2S. The highest BCUT2D eigenvalue weighted by Crippen LogP contribution is 2.22. The normalized spacial score (nSPS) is 26.2. The van der Waals surface area contributed by atoms with Crippen LogP contribution in [0.3, 0.4) is 0 Å². The molecule has 1 saturated heterocycles. The summed E-state index contributed by atoms with van der Waals surface area (Å²) in [4.78, 5) is 0. The standard InChI is InChI=1S/C8H18N2O2S/c1-2-5-8-6-3-4-7-10(8)13(9,11)12/h8H,2-7H2,1H3,(H2,9,11,12). The summed E-state index contributed by atoms with van der Waals surface area (Å²) in [5, 5.41) is 5.13. The Bertz CT molecular complexity index is 249. The van der Waals surface area contributed by atoms with Crippen LogP contribution in [0, 0.1) is 0 Å². The molecule has 1 atom stereocenters. The molecule has 0 bridgehead atoms. The van der Waals surface area contributed by atoms with Crippen molar-refractivity contribution in [3.63, 3.8) is 0 Å². The summed E-state index contributed by atoms with van der Waals surface area (Å²) in [5.74, 6) is 0. The molecule has 1 heterocycles. The van der Waals surface area contributed by atoms with Crippen LogP contribution in [0.5, 0.6) is 0 Å². The fraction of sp³-hybridized carbons (Fsp3) is 1.00. The summed E-state index contributed by atoms with van der Waals surface area (Å²) in [5.41, 5.74) is 0. The van der Waals surface area contributed by atoms with Crippen LogP contribution in [0.1, 0.15) is 39.0 Å². The van der Waals surface area contributed by atoms with Crippen LogP contribution in [-0.2, 0) is 10.2 Å². The Balaban J connectivity index is 2.67. The Hall–Kier alpha value is -0.130. The lowest BCUT2D eigenvalue weighted by Crippen LogP contribution is -2.46. The molecule has 4 nitrogen and oxygen atoms in total. The van der Waals surface area contributed by atoms with Gasteiger partial charge < -0.3 is 0 Å². The van der Waals surface area contributed by atoms with Crippen molar-refractivity contribution >= 4 is 10.2 Å². The Morgan fingerprint density at radius 3 is 2.69 bits per heavy atom. The minimum absolute atomic E-state index is 0.147. The summed E-state index contributed by atoms with van der Waals surface area (Å²) >= 11 is 0. The van der Waals surface area contributed by atoms with Gasteiger partial charge in [0.1, 0.15) is 0 Å². The molecule has 1 unspecified atom stereocenters. The number of hydrogen-bond acceptors (Lipinski definition) is 2. The summed E-state index contributed by atoms with van der Waals surface area (Å²) in [6, 6.07) is 0.147. The first kappa shape index (κ1) is 10.9. The van der Waals surface area contributed by atoms with Gasteiger partial charge in [0.15, 0.2) is 0 Å². The number of hydrogen-bond donors (Lipinski definition) is 1. The fourth-order valence-electron chi connectivity index (χ4n) is 1.93. The zero-order chi connectivity index (χ0) is 9.90. The van der Waals surface area contributed by atoms with Gasteiger partial charge in [-0.3, -0.25) is 0 Å². The van der Waals surface area contributed by atoms with E-state index in [0.29, 0.717) is 6.54 Å². The average Bonchev–Trinajstić information content (AvgIpc) is 2.04. The summed E-state index contributed by atoms with van der Waals surface area (Å²) in [6.07, 6.45) is 4.96. The number of rotatable bonds is 3. The molecule has 0 aliphatic carbocycles. The first-order valence-electron chi connectivity index (χ1n) is 4.85. The Morgan fingerprint density at radius 1 is 1.46 bits per heavy atom. The van der Waals surface area contributed by atoms with Crippen LogP contribution in [0.2, 0.25) is 0 Å². The highest BCUT2D eigenvalue weighted by atomic mass is 32.2. The predicted molar refractivity (Wildman–Crippen MR) is 52.4 cm³/mol. The number of nitrogens with zero attached hydrogens (tertiary/aromatic N) is 1. The lowest BCUT2D eigenvalue weighted by molar-refractivity contribution is 0.240. The molecule has 1 rings (SSSR count). The van der Waals surface area contributed by atoms with Crippen molar-refractivity contribution in [1.82, 2.24) is 4.31 Å². The maximum Gasteiger partial charge on any atom is 0.277 e. The smallest absolute Gasteiger partial charge is 0.216 e. The van der Waals surface area contributed by atoms with Gasteiger partial charge in [0, 0.05) is 12.6 Å². The number of nitrogens with two attached hydrogens (primary N) is 1. The van der Waals surface area contributed by atoms with E-state index in [1.807, 2.05) is 0 Å². The summed E-state index contributed by atoms with van der Waals surface area (Å²) in [6.45, 7) is 2.67. The van der Waals surface area contributed by atoms with E-state index in [1.54, 1.807) is 0 Å². The topological polar surface area (TPSA) is 63.4 Å². The number of piperidine rings is 1. The van der Waals surface area contributed by atoms with Crippen LogP contribution in [-0.4, -0.2) is 25.3 Å². The van der Waals surface area contributed by atoms with Gasteiger partial charge >= 0.3 is 0 Å². The van der Waals surface area contributed by atoms with Crippen LogP contribution in [0.15, 0.2) is 0 Å². The van der Waals surface area contributed by atoms with Crippen LogP contribution in [0.25, 0.3) is 0 Å². The Labute approximate surface area is 80.3 Å². The molecular weight excluding hydrogens is 188 g/mol. The summed E-state index contributed by atoms with van der Waals surface area (Å²) in [7, 11) is -3.46. The van der Waals surface area contributed by atoms with E-state index in [9.17, 15) is 8.42 Å². The molecule has 13 heavy (non-hydrogen) atoms.